The molecule has 0 spiro atoms. The van der Waals surface area contributed by atoms with Crippen LogP contribution in [0.25, 0.3) is 6.20 Å². The van der Waals surface area contributed by atoms with Crippen molar-refractivity contribution in [3.63, 3.8) is 0 Å². The van der Waals surface area contributed by atoms with Gasteiger partial charge in [0, 0.05) is 6.20 Å². The van der Waals surface area contributed by atoms with Crippen LogP contribution in [-0.4, -0.2) is 15.6 Å². The molecule has 0 saturated heterocycles. The van der Waals surface area contributed by atoms with E-state index in [1.807, 2.05) is 17.6 Å². The summed E-state index contributed by atoms with van der Waals surface area (Å²) >= 11 is 1.50. The molecule has 1 aliphatic heterocycles. The third kappa shape index (κ3) is 1.40. The zero-order valence-electron chi connectivity index (χ0n) is 6.68. The molecule has 0 atom stereocenters. The lowest BCUT2D eigenvalue weighted by Crippen LogP contribution is -2.03. The Morgan fingerprint density at radius 2 is 2.23 bits per heavy atom. The zero-order valence-corrected chi connectivity index (χ0v) is 7.49. The van der Waals surface area contributed by atoms with E-state index in [9.17, 15) is 4.79 Å². The number of hydrogen-bond acceptors (Lipinski definition) is 2. The van der Waals surface area contributed by atoms with Crippen molar-refractivity contribution in [1.82, 2.24) is 4.57 Å². The fraction of sp³-hybridized carbons (Fsp3) is 0. The maximum Gasteiger partial charge on any atom is 0.352 e. The van der Waals surface area contributed by atoms with Gasteiger partial charge >= 0.3 is 5.97 Å². The molecule has 1 N–H and O–H groups in total. The van der Waals surface area contributed by atoms with Crippen molar-refractivity contribution in [2.24, 2.45) is 0 Å². The fourth-order valence-corrected chi connectivity index (χ4v) is 1.87. The first-order chi connectivity index (χ1) is 6.29. The summed E-state index contributed by atoms with van der Waals surface area (Å²) in [5, 5.41) is 11.7. The average Bonchev–Trinajstić information content (AvgIpc) is 2.36. The van der Waals surface area contributed by atoms with E-state index in [1.54, 1.807) is 22.9 Å². The van der Waals surface area contributed by atoms with Gasteiger partial charge in [-0.2, -0.15) is 0 Å². The van der Waals surface area contributed by atoms with Crippen LogP contribution >= 0.6 is 11.8 Å². The molecular formula is C9H7NO2S. The quantitative estimate of drug-likeness (QED) is 0.744. The largest absolute Gasteiger partial charge is 0.477 e. The Morgan fingerprint density at radius 3 is 3.00 bits per heavy atom. The van der Waals surface area contributed by atoms with Crippen LogP contribution in [0.1, 0.15) is 10.5 Å². The Balaban J connectivity index is 2.54. The molecule has 0 aromatic carbocycles. The maximum atomic E-state index is 10.8. The highest BCUT2D eigenvalue weighted by molar-refractivity contribution is 8.02. The van der Waals surface area contributed by atoms with Gasteiger partial charge in [0.1, 0.15) is 5.69 Å². The lowest BCUT2D eigenvalue weighted by atomic mass is 10.4. The van der Waals surface area contributed by atoms with Gasteiger partial charge in [-0.25, -0.2) is 4.79 Å². The highest BCUT2D eigenvalue weighted by Gasteiger charge is 2.12. The monoisotopic (exact) mass is 193 g/mol. The van der Waals surface area contributed by atoms with Gasteiger partial charge in [-0.05, 0) is 23.6 Å². The van der Waals surface area contributed by atoms with Crippen LogP contribution in [0.2, 0.25) is 0 Å². The van der Waals surface area contributed by atoms with Crippen molar-refractivity contribution in [3.8, 4) is 0 Å². The number of allylic oxidation sites excluding steroid dienone is 2. The predicted octanol–water partition coefficient (Wildman–Crippen LogP) is 2.28. The smallest absolute Gasteiger partial charge is 0.352 e. The van der Waals surface area contributed by atoms with E-state index in [0.717, 1.165) is 5.03 Å². The number of fused-ring (bicyclic) bond motifs is 1. The molecular weight excluding hydrogens is 186 g/mol. The van der Waals surface area contributed by atoms with Crippen molar-refractivity contribution in [3.05, 3.63) is 35.4 Å². The summed E-state index contributed by atoms with van der Waals surface area (Å²) in [4.78, 5) is 10.8. The number of nitrogens with zero attached hydrogens (tertiary/aromatic N) is 1. The van der Waals surface area contributed by atoms with Crippen molar-refractivity contribution in [2.75, 3.05) is 0 Å². The van der Waals surface area contributed by atoms with Crippen LogP contribution in [0.4, 0.5) is 0 Å². The van der Waals surface area contributed by atoms with E-state index in [0.29, 0.717) is 5.69 Å². The number of thioether (sulfide) groups is 1. The topological polar surface area (TPSA) is 42.2 Å². The van der Waals surface area contributed by atoms with Crippen LogP contribution in [0.3, 0.4) is 0 Å². The Labute approximate surface area is 79.4 Å². The van der Waals surface area contributed by atoms with Gasteiger partial charge in [0.25, 0.3) is 0 Å². The van der Waals surface area contributed by atoms with E-state index >= 15 is 0 Å². The molecule has 0 fully saturated rings. The SMILES string of the molecule is O=C(O)c1ccc2n1C=CC=CS2. The Kier molecular flexibility index (Phi) is 1.98. The van der Waals surface area contributed by atoms with E-state index in [-0.39, 0.29) is 0 Å². The third-order valence-electron chi connectivity index (χ3n) is 1.71. The van der Waals surface area contributed by atoms with Crippen LogP contribution in [0.5, 0.6) is 0 Å². The minimum absolute atomic E-state index is 0.294. The molecule has 0 aliphatic carbocycles. The van der Waals surface area contributed by atoms with Crippen LogP contribution in [0.15, 0.2) is 34.7 Å². The molecule has 2 rings (SSSR count). The van der Waals surface area contributed by atoms with Crippen LogP contribution in [-0.2, 0) is 0 Å². The first-order valence-electron chi connectivity index (χ1n) is 3.73. The second kappa shape index (κ2) is 3.14. The number of carbonyl (C=O) groups is 1. The van der Waals surface area contributed by atoms with E-state index in [1.165, 1.54) is 11.8 Å². The van der Waals surface area contributed by atoms with Gasteiger partial charge in [0.05, 0.1) is 5.03 Å². The van der Waals surface area contributed by atoms with E-state index in [4.69, 9.17) is 5.11 Å². The number of aromatic carboxylic acids is 1. The molecule has 13 heavy (non-hydrogen) atoms. The van der Waals surface area contributed by atoms with Gasteiger partial charge in [0.2, 0.25) is 0 Å². The molecule has 3 nitrogen and oxygen atoms in total. The first-order valence-corrected chi connectivity index (χ1v) is 4.61. The summed E-state index contributed by atoms with van der Waals surface area (Å²) in [5.74, 6) is -0.904. The summed E-state index contributed by atoms with van der Waals surface area (Å²) in [6, 6.07) is 3.41. The minimum Gasteiger partial charge on any atom is -0.477 e. The first kappa shape index (κ1) is 8.19. The number of carboxylic acid groups (broad SMARTS) is 1. The summed E-state index contributed by atoms with van der Waals surface area (Å²) in [6.45, 7) is 0. The second-order valence-electron chi connectivity index (χ2n) is 2.52. The molecule has 1 aromatic rings. The van der Waals surface area contributed by atoms with Crippen LogP contribution in [0, 0.1) is 0 Å². The van der Waals surface area contributed by atoms with Gasteiger partial charge in [0.15, 0.2) is 0 Å². The number of aromatic nitrogens is 1. The number of rotatable bonds is 1. The third-order valence-corrected chi connectivity index (χ3v) is 2.58. The van der Waals surface area contributed by atoms with Crippen molar-refractivity contribution < 1.29 is 9.90 Å². The van der Waals surface area contributed by atoms with Crippen LogP contribution < -0.4 is 0 Å². The normalized spacial score (nSPS) is 13.8. The van der Waals surface area contributed by atoms with Crippen molar-refractivity contribution in [1.29, 1.82) is 0 Å². The van der Waals surface area contributed by atoms with Crippen molar-refractivity contribution in [2.45, 2.75) is 5.03 Å². The molecule has 1 aliphatic rings. The predicted molar refractivity (Wildman–Crippen MR) is 51.7 cm³/mol. The Morgan fingerprint density at radius 1 is 1.38 bits per heavy atom. The molecule has 0 bridgehead atoms. The van der Waals surface area contributed by atoms with Gasteiger partial charge < -0.3 is 9.67 Å². The standard InChI is InChI=1S/C9H7NO2S/c11-9(12)7-3-4-8-10(7)5-1-2-6-13-8/h1-6H,(H,11,12). The lowest BCUT2D eigenvalue weighted by Gasteiger charge is -2.01. The summed E-state index contributed by atoms with van der Waals surface area (Å²) in [5.41, 5.74) is 0.294. The highest BCUT2D eigenvalue weighted by Crippen LogP contribution is 2.25. The maximum absolute atomic E-state index is 10.8. The zero-order chi connectivity index (χ0) is 9.26. The highest BCUT2D eigenvalue weighted by atomic mass is 32.2. The molecule has 66 valence electrons. The molecule has 0 saturated carbocycles. The molecule has 1 aromatic heterocycles. The van der Waals surface area contributed by atoms with Gasteiger partial charge in [-0.3, -0.25) is 0 Å². The molecule has 2 heterocycles. The van der Waals surface area contributed by atoms with Crippen molar-refractivity contribution >= 4 is 23.9 Å². The molecule has 0 unspecified atom stereocenters. The lowest BCUT2D eigenvalue weighted by molar-refractivity contribution is 0.0688. The fourth-order valence-electron chi connectivity index (χ4n) is 1.14. The summed E-state index contributed by atoms with van der Waals surface area (Å²) < 4.78 is 1.66. The minimum atomic E-state index is -0.904. The number of carboxylic acids is 1. The Hall–Kier alpha value is -1.42. The Bertz CT molecular complexity index is 404. The molecule has 4 heteroatoms. The molecule has 0 amide bonds. The summed E-state index contributed by atoms with van der Waals surface area (Å²) in [7, 11) is 0. The number of hydrogen-bond donors (Lipinski definition) is 1. The average molecular weight is 193 g/mol. The second-order valence-corrected chi connectivity index (χ2v) is 3.45. The van der Waals surface area contributed by atoms with Gasteiger partial charge in [-0.1, -0.05) is 17.8 Å². The summed E-state index contributed by atoms with van der Waals surface area (Å²) in [6.07, 6.45) is 5.44. The van der Waals surface area contributed by atoms with E-state index < -0.39 is 5.97 Å². The molecule has 0 radical (unpaired) electrons. The van der Waals surface area contributed by atoms with Gasteiger partial charge in [-0.15, -0.1) is 0 Å². The van der Waals surface area contributed by atoms with E-state index in [2.05, 4.69) is 0 Å².